The summed E-state index contributed by atoms with van der Waals surface area (Å²) in [5, 5.41) is 3.81. The third-order valence-corrected chi connectivity index (χ3v) is 3.44. The number of aromatic nitrogens is 3. The molecule has 2 N–H and O–H groups in total. The number of hydrogen-bond donors (Lipinski definition) is 2. The van der Waals surface area contributed by atoms with E-state index in [-0.39, 0.29) is 13.2 Å². The number of hydrogen-bond acceptors (Lipinski definition) is 5. The topological polar surface area (TPSA) is 98.1 Å². The van der Waals surface area contributed by atoms with E-state index in [0.29, 0.717) is 5.75 Å². The summed E-state index contributed by atoms with van der Waals surface area (Å²) >= 11 is 0. The molecule has 0 aliphatic rings. The van der Waals surface area contributed by atoms with Crippen molar-refractivity contribution in [3.05, 3.63) is 67.3 Å². The Bertz CT molecular complexity index is 866. The highest BCUT2D eigenvalue weighted by atomic mass is 16.5. The minimum atomic E-state index is -0.472. The Labute approximate surface area is 149 Å². The summed E-state index contributed by atoms with van der Waals surface area (Å²) < 4.78 is 6.94. The number of para-hydroxylation sites is 1. The number of nitrogens with one attached hydrogen (secondary N) is 2. The van der Waals surface area contributed by atoms with Gasteiger partial charge in [-0.15, -0.1) is 0 Å². The second-order valence-electron chi connectivity index (χ2n) is 5.34. The van der Waals surface area contributed by atoms with Crippen molar-refractivity contribution < 1.29 is 14.3 Å². The lowest BCUT2D eigenvalue weighted by atomic mass is 10.1. The van der Waals surface area contributed by atoms with Gasteiger partial charge in [-0.2, -0.15) is 5.10 Å². The summed E-state index contributed by atoms with van der Waals surface area (Å²) in [5.74, 6) is -0.309. The van der Waals surface area contributed by atoms with E-state index >= 15 is 0 Å². The summed E-state index contributed by atoms with van der Waals surface area (Å²) in [5.41, 5.74) is 6.47. The van der Waals surface area contributed by atoms with Gasteiger partial charge in [-0.1, -0.05) is 48.5 Å². The van der Waals surface area contributed by atoms with Crippen LogP contribution in [0.2, 0.25) is 0 Å². The first-order chi connectivity index (χ1) is 12.7. The van der Waals surface area contributed by atoms with Gasteiger partial charge in [0.15, 0.2) is 6.61 Å². The van der Waals surface area contributed by atoms with Gasteiger partial charge >= 0.3 is 0 Å². The van der Waals surface area contributed by atoms with Crippen molar-refractivity contribution in [1.82, 2.24) is 25.6 Å². The fraction of sp³-hybridized carbons (Fsp3) is 0.111. The number of carbonyl (C=O) groups is 2. The first-order valence-electron chi connectivity index (χ1n) is 7.90. The van der Waals surface area contributed by atoms with Gasteiger partial charge in [0.1, 0.15) is 24.9 Å². The van der Waals surface area contributed by atoms with E-state index in [1.165, 1.54) is 17.3 Å². The lowest BCUT2D eigenvalue weighted by Gasteiger charge is -2.12. The fourth-order valence-electron chi connectivity index (χ4n) is 2.27. The molecule has 0 aliphatic heterocycles. The maximum Gasteiger partial charge on any atom is 0.276 e. The average Bonchev–Trinajstić information content (AvgIpc) is 3.18. The van der Waals surface area contributed by atoms with E-state index in [9.17, 15) is 9.59 Å². The van der Waals surface area contributed by atoms with Crippen LogP contribution in [0, 0.1) is 0 Å². The molecule has 3 aromatic rings. The molecule has 2 aromatic carbocycles. The van der Waals surface area contributed by atoms with Crippen molar-refractivity contribution >= 4 is 11.8 Å². The molecule has 1 aromatic heterocycles. The van der Waals surface area contributed by atoms with Crippen molar-refractivity contribution in [1.29, 1.82) is 0 Å². The van der Waals surface area contributed by atoms with Crippen molar-refractivity contribution in [2.24, 2.45) is 0 Å². The Morgan fingerprint density at radius 3 is 2.46 bits per heavy atom. The molecule has 0 aliphatic carbocycles. The summed E-state index contributed by atoms with van der Waals surface area (Å²) in [6.45, 7) is -0.272. The normalized spacial score (nSPS) is 10.2. The van der Waals surface area contributed by atoms with Crippen molar-refractivity contribution in [2.45, 2.75) is 6.54 Å². The number of nitrogens with zero attached hydrogens (tertiary/aromatic N) is 3. The smallest absolute Gasteiger partial charge is 0.276 e. The quantitative estimate of drug-likeness (QED) is 0.650. The van der Waals surface area contributed by atoms with E-state index in [4.69, 9.17) is 4.74 Å². The van der Waals surface area contributed by atoms with Gasteiger partial charge < -0.3 is 4.74 Å². The van der Waals surface area contributed by atoms with Gasteiger partial charge in [0, 0.05) is 5.56 Å². The van der Waals surface area contributed by atoms with Gasteiger partial charge in [0.2, 0.25) is 0 Å². The van der Waals surface area contributed by atoms with Gasteiger partial charge in [-0.25, -0.2) is 9.67 Å². The number of carbonyl (C=O) groups excluding carboxylic acids is 2. The predicted molar refractivity (Wildman–Crippen MR) is 93.7 cm³/mol. The van der Waals surface area contributed by atoms with E-state index in [1.54, 1.807) is 6.07 Å². The second-order valence-corrected chi connectivity index (χ2v) is 5.34. The van der Waals surface area contributed by atoms with Gasteiger partial charge in [-0.05, 0) is 11.6 Å². The molecule has 0 atom stereocenters. The van der Waals surface area contributed by atoms with Crippen molar-refractivity contribution in [3.63, 3.8) is 0 Å². The van der Waals surface area contributed by atoms with E-state index in [1.807, 2.05) is 48.5 Å². The van der Waals surface area contributed by atoms with Crippen molar-refractivity contribution in [2.75, 3.05) is 6.61 Å². The Hall–Kier alpha value is -3.68. The van der Waals surface area contributed by atoms with Crippen LogP contribution in [0.5, 0.6) is 5.75 Å². The van der Waals surface area contributed by atoms with E-state index < -0.39 is 11.8 Å². The molecule has 0 radical (unpaired) electrons. The Balaban J connectivity index is 1.51. The predicted octanol–water partition coefficient (Wildman–Crippen LogP) is 1.17. The molecular weight excluding hydrogens is 334 g/mol. The number of amides is 2. The molecule has 0 saturated heterocycles. The summed E-state index contributed by atoms with van der Waals surface area (Å²) in [6.07, 6.45) is 2.73. The van der Waals surface area contributed by atoms with Crippen LogP contribution in [-0.2, 0) is 16.1 Å². The molecule has 1 heterocycles. The third-order valence-electron chi connectivity index (χ3n) is 3.44. The zero-order chi connectivity index (χ0) is 18.2. The maximum absolute atomic E-state index is 11.9. The molecular formula is C18H17N5O3. The van der Waals surface area contributed by atoms with Crippen LogP contribution in [0.15, 0.2) is 67.3 Å². The van der Waals surface area contributed by atoms with Crippen LogP contribution in [0.4, 0.5) is 0 Å². The van der Waals surface area contributed by atoms with Gasteiger partial charge in [0.05, 0.1) is 0 Å². The molecule has 0 saturated carbocycles. The largest absolute Gasteiger partial charge is 0.483 e. The first kappa shape index (κ1) is 17.2. The van der Waals surface area contributed by atoms with Gasteiger partial charge in [0.25, 0.3) is 11.8 Å². The lowest BCUT2D eigenvalue weighted by Crippen LogP contribution is -2.45. The lowest BCUT2D eigenvalue weighted by molar-refractivity contribution is -0.130. The average molecular weight is 351 g/mol. The Morgan fingerprint density at radius 1 is 0.962 bits per heavy atom. The van der Waals surface area contributed by atoms with Crippen LogP contribution in [0.3, 0.4) is 0 Å². The standard InChI is InChI=1S/C18H17N5O3/c24-17(10-23-13-19-12-20-23)21-22-18(25)11-26-16-9-5-4-8-15(16)14-6-2-1-3-7-14/h1-9,12-13H,10-11H2,(H,21,24)(H,22,25). The highest BCUT2D eigenvalue weighted by molar-refractivity contribution is 5.82. The molecule has 8 nitrogen and oxygen atoms in total. The van der Waals surface area contributed by atoms with Crippen LogP contribution in [0.1, 0.15) is 0 Å². The molecule has 0 bridgehead atoms. The molecule has 0 unspecified atom stereocenters. The minimum absolute atomic E-state index is 0.0437. The number of hydrazine groups is 1. The first-order valence-corrected chi connectivity index (χ1v) is 7.90. The minimum Gasteiger partial charge on any atom is -0.483 e. The van der Waals surface area contributed by atoms with Crippen molar-refractivity contribution in [3.8, 4) is 16.9 Å². The third kappa shape index (κ3) is 4.67. The molecule has 0 spiro atoms. The SMILES string of the molecule is O=C(COc1ccccc1-c1ccccc1)NNC(=O)Cn1cncn1. The Morgan fingerprint density at radius 2 is 1.69 bits per heavy atom. The summed E-state index contributed by atoms with van der Waals surface area (Å²) in [6, 6.07) is 17.2. The van der Waals surface area contributed by atoms with E-state index in [2.05, 4.69) is 20.9 Å². The monoisotopic (exact) mass is 351 g/mol. The van der Waals surface area contributed by atoms with Crippen LogP contribution >= 0.6 is 0 Å². The fourth-order valence-corrected chi connectivity index (χ4v) is 2.27. The zero-order valence-electron chi connectivity index (χ0n) is 13.8. The number of ether oxygens (including phenoxy) is 1. The summed E-state index contributed by atoms with van der Waals surface area (Å²) in [7, 11) is 0. The number of rotatable bonds is 6. The van der Waals surface area contributed by atoms with E-state index in [0.717, 1.165) is 11.1 Å². The zero-order valence-corrected chi connectivity index (χ0v) is 13.8. The molecule has 8 heteroatoms. The van der Waals surface area contributed by atoms with Crippen LogP contribution < -0.4 is 15.6 Å². The molecule has 26 heavy (non-hydrogen) atoms. The highest BCUT2D eigenvalue weighted by Gasteiger charge is 2.09. The summed E-state index contributed by atoms with van der Waals surface area (Å²) in [4.78, 5) is 27.3. The Kier molecular flexibility index (Phi) is 5.56. The highest BCUT2D eigenvalue weighted by Crippen LogP contribution is 2.29. The molecule has 2 amide bonds. The van der Waals surface area contributed by atoms with Gasteiger partial charge in [-0.3, -0.25) is 20.4 Å². The molecule has 132 valence electrons. The maximum atomic E-state index is 11.9. The second kappa shape index (κ2) is 8.43. The molecule has 0 fully saturated rings. The molecule has 3 rings (SSSR count). The van der Waals surface area contributed by atoms with Crippen LogP contribution in [0.25, 0.3) is 11.1 Å². The number of benzene rings is 2. The van der Waals surface area contributed by atoms with Crippen LogP contribution in [-0.4, -0.2) is 33.2 Å².